The largest absolute Gasteiger partial charge is 0.494 e. The first-order chi connectivity index (χ1) is 14.6. The third-order valence-corrected chi connectivity index (χ3v) is 3.77. The summed E-state index contributed by atoms with van der Waals surface area (Å²) in [6.07, 6.45) is 3.06. The molecule has 0 atom stereocenters. The summed E-state index contributed by atoms with van der Waals surface area (Å²) in [5.74, 6) is 0.829. The first-order valence-corrected chi connectivity index (χ1v) is 9.70. The number of nitrogens with one attached hydrogen (secondary N) is 2. The number of hydrogen-bond donors (Lipinski definition) is 2. The van der Waals surface area contributed by atoms with Crippen molar-refractivity contribution < 1.29 is 19.1 Å². The van der Waals surface area contributed by atoms with Crippen molar-refractivity contribution in [3.8, 4) is 11.5 Å². The zero-order valence-corrected chi connectivity index (χ0v) is 17.1. The summed E-state index contributed by atoms with van der Waals surface area (Å²) in [7, 11) is 0. The molecule has 0 unspecified atom stereocenters. The maximum atomic E-state index is 11.8. The Morgan fingerprint density at radius 3 is 1.43 bits per heavy atom. The Hall–Kier alpha value is -3.68. The molecule has 0 saturated heterocycles. The van der Waals surface area contributed by atoms with Gasteiger partial charge in [0.25, 0.3) is 0 Å². The zero-order valence-electron chi connectivity index (χ0n) is 17.1. The molecule has 0 bridgehead atoms. The summed E-state index contributed by atoms with van der Waals surface area (Å²) < 4.78 is 10.7. The van der Waals surface area contributed by atoms with Crippen LogP contribution in [0.3, 0.4) is 0 Å². The van der Waals surface area contributed by atoms with E-state index in [4.69, 9.17) is 9.47 Å². The first-order valence-electron chi connectivity index (χ1n) is 9.70. The van der Waals surface area contributed by atoms with Gasteiger partial charge in [-0.3, -0.25) is 9.59 Å². The van der Waals surface area contributed by atoms with Crippen molar-refractivity contribution in [2.24, 2.45) is 10.2 Å². The van der Waals surface area contributed by atoms with Gasteiger partial charge in [0.2, 0.25) is 11.8 Å². The number of nitrogens with zero attached hydrogens (tertiary/aromatic N) is 2. The third kappa shape index (κ3) is 8.55. The fourth-order valence-electron chi connectivity index (χ4n) is 2.33. The SMILES string of the molecule is CCOc1ccc(C=NNC(=O)CCC(=O)NN=Cc2ccc(OCC)cc2)cc1. The average Bonchev–Trinajstić information content (AvgIpc) is 2.75. The van der Waals surface area contributed by atoms with Crippen LogP contribution in [0.5, 0.6) is 11.5 Å². The molecule has 0 saturated carbocycles. The van der Waals surface area contributed by atoms with Crippen LogP contribution in [0.1, 0.15) is 37.8 Å². The molecule has 158 valence electrons. The van der Waals surface area contributed by atoms with E-state index < -0.39 is 0 Å². The third-order valence-electron chi connectivity index (χ3n) is 3.77. The molecular formula is C22H26N4O4. The number of rotatable bonds is 11. The maximum Gasteiger partial charge on any atom is 0.240 e. The minimum atomic E-state index is -0.358. The lowest BCUT2D eigenvalue weighted by Gasteiger charge is -2.03. The molecule has 0 aliphatic heterocycles. The Labute approximate surface area is 176 Å². The van der Waals surface area contributed by atoms with Gasteiger partial charge in [-0.15, -0.1) is 0 Å². The second-order valence-corrected chi connectivity index (χ2v) is 6.09. The summed E-state index contributed by atoms with van der Waals surface area (Å²) in [5, 5.41) is 7.76. The van der Waals surface area contributed by atoms with Crippen molar-refractivity contribution in [3.05, 3.63) is 59.7 Å². The van der Waals surface area contributed by atoms with Gasteiger partial charge in [0.1, 0.15) is 11.5 Å². The van der Waals surface area contributed by atoms with Crippen LogP contribution in [0.4, 0.5) is 0 Å². The minimum absolute atomic E-state index is 0.00498. The number of carbonyl (C=O) groups is 2. The van der Waals surface area contributed by atoms with Crippen molar-refractivity contribution in [2.75, 3.05) is 13.2 Å². The van der Waals surface area contributed by atoms with Crippen molar-refractivity contribution in [3.63, 3.8) is 0 Å². The molecule has 0 aliphatic rings. The molecule has 0 aliphatic carbocycles. The molecule has 2 amide bonds. The summed E-state index contributed by atoms with van der Waals surface area (Å²) in [6.45, 7) is 5.03. The number of amides is 2. The Kier molecular flexibility index (Phi) is 9.58. The van der Waals surface area contributed by atoms with Crippen LogP contribution >= 0.6 is 0 Å². The highest BCUT2D eigenvalue weighted by Crippen LogP contribution is 2.11. The van der Waals surface area contributed by atoms with Crippen LogP contribution in [-0.4, -0.2) is 37.5 Å². The molecule has 0 fully saturated rings. The van der Waals surface area contributed by atoms with E-state index >= 15 is 0 Å². The highest BCUT2D eigenvalue weighted by Gasteiger charge is 2.05. The normalized spacial score (nSPS) is 10.9. The van der Waals surface area contributed by atoms with E-state index in [1.54, 1.807) is 0 Å². The molecule has 30 heavy (non-hydrogen) atoms. The van der Waals surface area contributed by atoms with E-state index in [-0.39, 0.29) is 24.7 Å². The summed E-state index contributed by atoms with van der Waals surface area (Å²) in [6, 6.07) is 14.6. The summed E-state index contributed by atoms with van der Waals surface area (Å²) >= 11 is 0. The monoisotopic (exact) mass is 410 g/mol. The topological polar surface area (TPSA) is 101 Å². The molecule has 8 heteroatoms. The molecule has 2 N–H and O–H groups in total. The second kappa shape index (κ2) is 12.7. The quantitative estimate of drug-likeness (QED) is 0.439. The maximum absolute atomic E-state index is 11.8. The fraction of sp³-hybridized carbons (Fsp3) is 0.273. The van der Waals surface area contributed by atoms with Gasteiger partial charge in [0.05, 0.1) is 25.6 Å². The van der Waals surface area contributed by atoms with Crippen LogP contribution in [0.25, 0.3) is 0 Å². The van der Waals surface area contributed by atoms with E-state index in [1.807, 2.05) is 62.4 Å². The van der Waals surface area contributed by atoms with Gasteiger partial charge in [-0.05, 0) is 73.5 Å². The van der Waals surface area contributed by atoms with Crippen LogP contribution in [0, 0.1) is 0 Å². The van der Waals surface area contributed by atoms with Gasteiger partial charge >= 0.3 is 0 Å². The average molecular weight is 410 g/mol. The molecule has 2 aromatic carbocycles. The Bertz CT molecular complexity index is 788. The van der Waals surface area contributed by atoms with Crippen LogP contribution in [-0.2, 0) is 9.59 Å². The van der Waals surface area contributed by atoms with Crippen molar-refractivity contribution in [1.29, 1.82) is 0 Å². The predicted molar refractivity (Wildman–Crippen MR) is 116 cm³/mol. The van der Waals surface area contributed by atoms with Gasteiger partial charge in [0.15, 0.2) is 0 Å². The van der Waals surface area contributed by atoms with E-state index in [0.717, 1.165) is 22.6 Å². The van der Waals surface area contributed by atoms with E-state index in [9.17, 15) is 9.59 Å². The lowest BCUT2D eigenvalue weighted by Crippen LogP contribution is -2.22. The van der Waals surface area contributed by atoms with Gasteiger partial charge in [0, 0.05) is 12.8 Å². The van der Waals surface area contributed by atoms with E-state index in [0.29, 0.717) is 13.2 Å². The lowest BCUT2D eigenvalue weighted by atomic mass is 10.2. The van der Waals surface area contributed by atoms with Crippen LogP contribution in [0.2, 0.25) is 0 Å². The van der Waals surface area contributed by atoms with Crippen molar-refractivity contribution >= 4 is 24.2 Å². The number of ether oxygens (including phenoxy) is 2. The highest BCUT2D eigenvalue weighted by molar-refractivity contribution is 5.86. The number of carbonyl (C=O) groups excluding carboxylic acids is 2. The van der Waals surface area contributed by atoms with Gasteiger partial charge < -0.3 is 9.47 Å². The molecule has 0 aromatic heterocycles. The highest BCUT2D eigenvalue weighted by atomic mass is 16.5. The standard InChI is InChI=1S/C22H26N4O4/c1-3-29-19-9-5-17(6-10-19)15-23-25-21(27)13-14-22(28)26-24-16-18-7-11-20(12-8-18)30-4-2/h5-12,15-16H,3-4,13-14H2,1-2H3,(H,25,27)(H,26,28). The van der Waals surface area contributed by atoms with Crippen LogP contribution in [0.15, 0.2) is 58.7 Å². The zero-order chi connectivity index (χ0) is 21.6. The minimum Gasteiger partial charge on any atom is -0.494 e. The van der Waals surface area contributed by atoms with Crippen LogP contribution < -0.4 is 20.3 Å². The Morgan fingerprint density at radius 2 is 1.10 bits per heavy atom. The molecule has 2 rings (SSSR count). The van der Waals surface area contributed by atoms with E-state index in [1.165, 1.54) is 12.4 Å². The Balaban J connectivity index is 1.66. The second-order valence-electron chi connectivity index (χ2n) is 6.09. The molecule has 8 nitrogen and oxygen atoms in total. The summed E-state index contributed by atoms with van der Waals surface area (Å²) in [4.78, 5) is 23.6. The van der Waals surface area contributed by atoms with Gasteiger partial charge in [-0.1, -0.05) is 0 Å². The molecule has 0 spiro atoms. The van der Waals surface area contributed by atoms with Gasteiger partial charge in [-0.25, -0.2) is 10.9 Å². The number of hydrazone groups is 2. The van der Waals surface area contributed by atoms with E-state index in [2.05, 4.69) is 21.1 Å². The molecule has 0 radical (unpaired) electrons. The Morgan fingerprint density at radius 1 is 0.733 bits per heavy atom. The number of benzene rings is 2. The lowest BCUT2D eigenvalue weighted by molar-refractivity contribution is -0.126. The fourth-order valence-corrected chi connectivity index (χ4v) is 2.33. The molecular weight excluding hydrogens is 384 g/mol. The predicted octanol–water partition coefficient (Wildman–Crippen LogP) is 2.86. The first kappa shape index (κ1) is 22.6. The van der Waals surface area contributed by atoms with Crippen molar-refractivity contribution in [2.45, 2.75) is 26.7 Å². The van der Waals surface area contributed by atoms with Gasteiger partial charge in [-0.2, -0.15) is 10.2 Å². The molecule has 0 heterocycles. The smallest absolute Gasteiger partial charge is 0.240 e. The summed E-state index contributed by atoms with van der Waals surface area (Å²) in [5.41, 5.74) is 6.42. The number of hydrogen-bond acceptors (Lipinski definition) is 6. The molecule has 2 aromatic rings. The van der Waals surface area contributed by atoms with Crippen molar-refractivity contribution in [1.82, 2.24) is 10.9 Å².